The number of nitrogens with two attached hydrogens (primary N) is 1. The Kier molecular flexibility index (Phi) is 3.52. The first-order valence-corrected chi connectivity index (χ1v) is 6.17. The molecule has 2 rings (SSSR count). The maximum Gasteiger partial charge on any atom is 0.220 e. The van der Waals surface area contributed by atoms with E-state index in [0.717, 1.165) is 37.2 Å². The van der Waals surface area contributed by atoms with Crippen LogP contribution in [0.5, 0.6) is 0 Å². The lowest BCUT2D eigenvalue weighted by Crippen LogP contribution is -2.38. The minimum absolute atomic E-state index is 0.0170. The van der Waals surface area contributed by atoms with Gasteiger partial charge < -0.3 is 10.6 Å². The van der Waals surface area contributed by atoms with Crippen LogP contribution in [0.1, 0.15) is 24.0 Å². The SMILES string of the molecule is Cc1ccc(C#N)c(N2CCC(C(N)=O)CC2)c1. The predicted octanol–water partition coefficient (Wildman–Crippen LogP) is 1.57. The second kappa shape index (κ2) is 5.09. The highest BCUT2D eigenvalue weighted by atomic mass is 16.1. The fourth-order valence-corrected chi connectivity index (χ4v) is 2.40. The van der Waals surface area contributed by atoms with Crippen molar-refractivity contribution in [2.75, 3.05) is 18.0 Å². The molecule has 1 saturated heterocycles. The van der Waals surface area contributed by atoms with Gasteiger partial charge in [-0.1, -0.05) is 6.07 Å². The molecule has 94 valence electrons. The normalized spacial score (nSPS) is 16.3. The van der Waals surface area contributed by atoms with Crippen LogP contribution in [0, 0.1) is 24.2 Å². The summed E-state index contributed by atoms with van der Waals surface area (Å²) >= 11 is 0. The molecule has 0 radical (unpaired) electrons. The Morgan fingerprint density at radius 2 is 2.11 bits per heavy atom. The minimum Gasteiger partial charge on any atom is -0.370 e. The van der Waals surface area contributed by atoms with E-state index in [9.17, 15) is 4.79 Å². The van der Waals surface area contributed by atoms with Crippen molar-refractivity contribution in [2.45, 2.75) is 19.8 Å². The molecule has 0 bridgehead atoms. The van der Waals surface area contributed by atoms with E-state index in [1.807, 2.05) is 25.1 Å². The maximum absolute atomic E-state index is 11.1. The zero-order valence-corrected chi connectivity index (χ0v) is 10.5. The summed E-state index contributed by atoms with van der Waals surface area (Å²) in [5.74, 6) is -0.226. The molecular formula is C14H17N3O. The topological polar surface area (TPSA) is 70.1 Å². The number of amides is 1. The number of nitriles is 1. The van der Waals surface area contributed by atoms with E-state index in [0.29, 0.717) is 5.56 Å². The summed E-state index contributed by atoms with van der Waals surface area (Å²) < 4.78 is 0. The molecule has 1 heterocycles. The second-order valence-corrected chi connectivity index (χ2v) is 4.80. The van der Waals surface area contributed by atoms with Gasteiger partial charge in [0.25, 0.3) is 0 Å². The summed E-state index contributed by atoms with van der Waals surface area (Å²) in [6.07, 6.45) is 1.54. The second-order valence-electron chi connectivity index (χ2n) is 4.80. The minimum atomic E-state index is -0.209. The highest BCUT2D eigenvalue weighted by molar-refractivity contribution is 5.77. The number of aryl methyl sites for hydroxylation is 1. The van der Waals surface area contributed by atoms with Gasteiger partial charge >= 0.3 is 0 Å². The Hall–Kier alpha value is -2.02. The van der Waals surface area contributed by atoms with Crippen molar-refractivity contribution >= 4 is 11.6 Å². The smallest absolute Gasteiger partial charge is 0.220 e. The van der Waals surface area contributed by atoms with Crippen LogP contribution in [-0.4, -0.2) is 19.0 Å². The third-order valence-corrected chi connectivity index (χ3v) is 3.51. The Morgan fingerprint density at radius 3 is 2.67 bits per heavy atom. The zero-order chi connectivity index (χ0) is 13.1. The zero-order valence-electron chi connectivity index (χ0n) is 10.5. The Labute approximate surface area is 107 Å². The van der Waals surface area contributed by atoms with Crippen LogP contribution in [0.25, 0.3) is 0 Å². The van der Waals surface area contributed by atoms with Gasteiger partial charge in [-0.05, 0) is 37.5 Å². The molecule has 2 N–H and O–H groups in total. The van der Waals surface area contributed by atoms with Gasteiger partial charge in [-0.15, -0.1) is 0 Å². The molecule has 0 spiro atoms. The molecule has 0 atom stereocenters. The lowest BCUT2D eigenvalue weighted by Gasteiger charge is -2.33. The quantitative estimate of drug-likeness (QED) is 0.857. The molecule has 1 aromatic rings. The van der Waals surface area contributed by atoms with Crippen LogP contribution in [-0.2, 0) is 4.79 Å². The lowest BCUT2D eigenvalue weighted by molar-refractivity contribution is -0.122. The molecule has 4 heteroatoms. The van der Waals surface area contributed by atoms with E-state index >= 15 is 0 Å². The standard InChI is InChI=1S/C14H17N3O/c1-10-2-3-12(9-15)13(8-10)17-6-4-11(5-7-17)14(16)18/h2-3,8,11H,4-7H2,1H3,(H2,16,18). The van der Waals surface area contributed by atoms with Crippen LogP contribution >= 0.6 is 0 Å². The number of hydrogen-bond acceptors (Lipinski definition) is 3. The molecule has 0 saturated carbocycles. The third-order valence-electron chi connectivity index (χ3n) is 3.51. The van der Waals surface area contributed by atoms with Crippen molar-refractivity contribution < 1.29 is 4.79 Å². The predicted molar refractivity (Wildman–Crippen MR) is 70.0 cm³/mol. The number of carbonyl (C=O) groups excluding carboxylic acids is 1. The van der Waals surface area contributed by atoms with Crippen LogP contribution in [0.4, 0.5) is 5.69 Å². The summed E-state index contributed by atoms with van der Waals surface area (Å²) in [4.78, 5) is 13.3. The van der Waals surface area contributed by atoms with Crippen molar-refractivity contribution in [1.29, 1.82) is 5.26 Å². The average Bonchev–Trinajstić information content (AvgIpc) is 2.39. The van der Waals surface area contributed by atoms with Gasteiger partial charge in [0.2, 0.25) is 5.91 Å². The molecule has 0 aromatic heterocycles. The summed E-state index contributed by atoms with van der Waals surface area (Å²) in [5.41, 5.74) is 8.13. The first-order chi connectivity index (χ1) is 8.61. The molecule has 1 fully saturated rings. The molecule has 0 unspecified atom stereocenters. The fraction of sp³-hybridized carbons (Fsp3) is 0.429. The van der Waals surface area contributed by atoms with Gasteiger partial charge in [0.1, 0.15) is 6.07 Å². The van der Waals surface area contributed by atoms with Gasteiger partial charge in [0.05, 0.1) is 11.3 Å². The molecule has 18 heavy (non-hydrogen) atoms. The molecule has 1 aliphatic heterocycles. The van der Waals surface area contributed by atoms with E-state index in [-0.39, 0.29) is 11.8 Å². The molecule has 1 amide bonds. The van der Waals surface area contributed by atoms with Crippen LogP contribution in [0.15, 0.2) is 18.2 Å². The Balaban J connectivity index is 2.17. The number of carbonyl (C=O) groups is 1. The molecule has 1 aromatic carbocycles. The molecule has 4 nitrogen and oxygen atoms in total. The van der Waals surface area contributed by atoms with Gasteiger partial charge in [0.15, 0.2) is 0 Å². The van der Waals surface area contributed by atoms with Crippen molar-refractivity contribution in [3.8, 4) is 6.07 Å². The van der Waals surface area contributed by atoms with Crippen LogP contribution < -0.4 is 10.6 Å². The van der Waals surface area contributed by atoms with E-state index < -0.39 is 0 Å². The highest BCUT2D eigenvalue weighted by Gasteiger charge is 2.24. The number of primary amides is 1. The van der Waals surface area contributed by atoms with E-state index in [2.05, 4.69) is 11.0 Å². The largest absolute Gasteiger partial charge is 0.370 e. The van der Waals surface area contributed by atoms with Crippen molar-refractivity contribution in [2.24, 2.45) is 11.7 Å². The molecule has 1 aliphatic rings. The number of nitrogens with zero attached hydrogens (tertiary/aromatic N) is 2. The van der Waals surface area contributed by atoms with E-state index in [1.165, 1.54) is 0 Å². The number of anilines is 1. The van der Waals surface area contributed by atoms with Crippen LogP contribution in [0.3, 0.4) is 0 Å². The fourth-order valence-electron chi connectivity index (χ4n) is 2.40. The van der Waals surface area contributed by atoms with E-state index in [1.54, 1.807) is 0 Å². The Bertz CT molecular complexity index is 496. The first kappa shape index (κ1) is 12.4. The van der Waals surface area contributed by atoms with Gasteiger partial charge in [-0.3, -0.25) is 4.79 Å². The number of rotatable bonds is 2. The summed E-state index contributed by atoms with van der Waals surface area (Å²) in [6, 6.07) is 8.05. The first-order valence-electron chi connectivity index (χ1n) is 6.17. The van der Waals surface area contributed by atoms with Gasteiger partial charge in [-0.2, -0.15) is 5.26 Å². The van der Waals surface area contributed by atoms with Gasteiger partial charge in [-0.25, -0.2) is 0 Å². The summed E-state index contributed by atoms with van der Waals surface area (Å²) in [6.45, 7) is 3.58. The van der Waals surface area contributed by atoms with Gasteiger partial charge in [0, 0.05) is 19.0 Å². The Morgan fingerprint density at radius 1 is 1.44 bits per heavy atom. The number of benzene rings is 1. The van der Waals surface area contributed by atoms with Crippen molar-refractivity contribution in [3.05, 3.63) is 29.3 Å². The average molecular weight is 243 g/mol. The van der Waals surface area contributed by atoms with Crippen molar-refractivity contribution in [1.82, 2.24) is 0 Å². The monoisotopic (exact) mass is 243 g/mol. The number of piperidine rings is 1. The van der Waals surface area contributed by atoms with E-state index in [4.69, 9.17) is 11.0 Å². The third kappa shape index (κ3) is 2.45. The molecular weight excluding hydrogens is 226 g/mol. The lowest BCUT2D eigenvalue weighted by atomic mass is 9.95. The highest BCUT2D eigenvalue weighted by Crippen LogP contribution is 2.26. The molecule has 0 aliphatic carbocycles. The van der Waals surface area contributed by atoms with Crippen LogP contribution in [0.2, 0.25) is 0 Å². The summed E-state index contributed by atoms with van der Waals surface area (Å²) in [5, 5.41) is 9.13. The van der Waals surface area contributed by atoms with Crippen molar-refractivity contribution in [3.63, 3.8) is 0 Å². The number of hydrogen-bond donors (Lipinski definition) is 1. The summed E-state index contributed by atoms with van der Waals surface area (Å²) in [7, 11) is 0. The maximum atomic E-state index is 11.1.